The highest BCUT2D eigenvalue weighted by atomic mass is 79.9. The van der Waals surface area contributed by atoms with Crippen molar-refractivity contribution in [3.63, 3.8) is 0 Å². The summed E-state index contributed by atoms with van der Waals surface area (Å²) in [7, 11) is 3.34. The van der Waals surface area contributed by atoms with E-state index < -0.39 is 16.8 Å². The van der Waals surface area contributed by atoms with Crippen LogP contribution in [0.1, 0.15) is 24.9 Å². The van der Waals surface area contributed by atoms with Crippen molar-refractivity contribution in [2.24, 2.45) is 5.92 Å². The Morgan fingerprint density at radius 1 is 1.52 bits per heavy atom. The number of halogens is 1. The van der Waals surface area contributed by atoms with Gasteiger partial charge in [0.25, 0.3) is 0 Å². The van der Waals surface area contributed by atoms with Crippen LogP contribution in [0.5, 0.6) is 11.5 Å². The van der Waals surface area contributed by atoms with E-state index in [0.717, 1.165) is 10.0 Å². The van der Waals surface area contributed by atoms with E-state index in [1.54, 1.807) is 27.1 Å². The van der Waals surface area contributed by atoms with Crippen LogP contribution in [-0.4, -0.2) is 53.8 Å². The fraction of sp³-hybridized carbons (Fsp3) is 0.500. The summed E-state index contributed by atoms with van der Waals surface area (Å²) in [6.07, 6.45) is 0.967. The highest BCUT2D eigenvalue weighted by Gasteiger charge is 2.48. The molecule has 3 rings (SSSR count). The van der Waals surface area contributed by atoms with Gasteiger partial charge in [-0.1, -0.05) is 15.9 Å². The summed E-state index contributed by atoms with van der Waals surface area (Å²) < 4.78 is 11.9. The number of nitriles is 1. The third-order valence-corrected chi connectivity index (χ3v) is 6.39. The number of thiol groups is 1. The highest BCUT2D eigenvalue weighted by molar-refractivity contribution is 9.10. The molecule has 1 saturated heterocycles. The molecule has 0 saturated carbocycles. The number of likely N-dealkylation sites (tertiary alicyclic amines) is 1. The summed E-state index contributed by atoms with van der Waals surface area (Å²) in [5.74, 6) is 0.529. The maximum atomic E-state index is 13.0. The van der Waals surface area contributed by atoms with Crippen molar-refractivity contribution >= 4 is 40.8 Å². The molecule has 1 aromatic rings. The molecule has 2 heterocycles. The van der Waals surface area contributed by atoms with Gasteiger partial charge in [0.15, 0.2) is 17.8 Å². The number of amides is 1. The summed E-state index contributed by atoms with van der Waals surface area (Å²) in [6, 6.07) is 5.06. The molecule has 0 bridgehead atoms. The molecular weight excluding hydrogens is 434 g/mol. The van der Waals surface area contributed by atoms with Crippen molar-refractivity contribution in [3.05, 3.63) is 22.2 Å². The van der Waals surface area contributed by atoms with Gasteiger partial charge in [-0.25, -0.2) is 0 Å². The second-order valence-corrected chi connectivity index (χ2v) is 8.66. The molecule has 27 heavy (non-hydrogen) atoms. The molecule has 0 N–H and O–H groups in total. The Morgan fingerprint density at radius 2 is 2.22 bits per heavy atom. The number of fused-ring (bicyclic) bond motifs is 1. The molecule has 2 aliphatic rings. The predicted molar refractivity (Wildman–Crippen MR) is 105 cm³/mol. The van der Waals surface area contributed by atoms with Crippen LogP contribution in [0.15, 0.2) is 16.6 Å². The summed E-state index contributed by atoms with van der Waals surface area (Å²) >= 11 is 7.81. The summed E-state index contributed by atoms with van der Waals surface area (Å²) in [6.45, 7) is 1.68. The molecule has 1 amide bonds. The molecule has 0 radical (unpaired) electrons. The van der Waals surface area contributed by atoms with E-state index in [9.17, 15) is 14.9 Å². The number of rotatable bonds is 4. The van der Waals surface area contributed by atoms with Crippen molar-refractivity contribution in [3.8, 4) is 17.6 Å². The average molecular weight is 454 g/mol. The molecule has 0 aromatic heterocycles. The van der Waals surface area contributed by atoms with Crippen molar-refractivity contribution < 1.29 is 19.1 Å². The molecule has 7 nitrogen and oxygen atoms in total. The summed E-state index contributed by atoms with van der Waals surface area (Å²) in [4.78, 5) is 26.2. The minimum Gasteiger partial charge on any atom is -0.454 e. The Balaban J connectivity index is 1.98. The Bertz CT molecular complexity index is 826. The van der Waals surface area contributed by atoms with E-state index in [1.807, 2.05) is 11.0 Å². The van der Waals surface area contributed by atoms with Crippen molar-refractivity contribution in [2.45, 2.75) is 30.3 Å². The zero-order chi connectivity index (χ0) is 19.9. The standard InChI is InChI=1S/C18H20BrN3O4S/c1-18(27,8-23)22(3)17(24)12-6-10(7-20)15(21(12)2)14-11(19)4-5-13-16(14)26-9-25-13/h4-5,8,10,12,15,27H,6,9H2,1-3H3/t10?,12?,15-,18?/m1/s1. The lowest BCUT2D eigenvalue weighted by atomic mass is 9.93. The van der Waals surface area contributed by atoms with Crippen LogP contribution in [0.4, 0.5) is 0 Å². The SMILES string of the molecule is CN1C(C(=O)N(C)C(C)(S)C=O)CC(C#N)[C@@H]1c1c(Br)ccc2c1OCO2. The topological polar surface area (TPSA) is 82.9 Å². The quantitative estimate of drug-likeness (QED) is 0.428. The third kappa shape index (κ3) is 3.30. The van der Waals surface area contributed by atoms with Gasteiger partial charge in [-0.2, -0.15) is 5.26 Å². The number of carbonyl (C=O) groups excluding carboxylic acids is 2. The molecule has 0 spiro atoms. The predicted octanol–water partition coefficient (Wildman–Crippen LogP) is 2.37. The number of carbonyl (C=O) groups is 2. The maximum absolute atomic E-state index is 13.0. The van der Waals surface area contributed by atoms with Gasteiger partial charge in [0, 0.05) is 17.1 Å². The van der Waals surface area contributed by atoms with Crippen LogP contribution in [0.2, 0.25) is 0 Å². The van der Waals surface area contributed by atoms with Gasteiger partial charge < -0.3 is 14.4 Å². The molecule has 2 aliphatic heterocycles. The number of aldehydes is 1. The molecule has 1 aromatic carbocycles. The number of hydrogen-bond donors (Lipinski definition) is 1. The van der Waals surface area contributed by atoms with E-state index in [2.05, 4.69) is 34.6 Å². The number of hydrogen-bond acceptors (Lipinski definition) is 7. The fourth-order valence-electron chi connectivity index (χ4n) is 3.59. The lowest BCUT2D eigenvalue weighted by molar-refractivity contribution is -0.139. The van der Waals surface area contributed by atoms with Gasteiger partial charge in [0.05, 0.1) is 24.1 Å². The van der Waals surface area contributed by atoms with Crippen LogP contribution in [-0.2, 0) is 9.59 Å². The monoisotopic (exact) mass is 453 g/mol. The first kappa shape index (κ1) is 20.0. The maximum Gasteiger partial charge on any atom is 0.241 e. The van der Waals surface area contributed by atoms with Crippen molar-refractivity contribution in [1.29, 1.82) is 5.26 Å². The minimum absolute atomic E-state index is 0.120. The van der Waals surface area contributed by atoms with Gasteiger partial charge in [-0.05, 0) is 32.5 Å². The van der Waals surface area contributed by atoms with E-state index in [-0.39, 0.29) is 18.7 Å². The summed E-state index contributed by atoms with van der Waals surface area (Å²) in [5.41, 5.74) is 0.793. The fourth-order valence-corrected chi connectivity index (χ4v) is 4.23. The first-order valence-electron chi connectivity index (χ1n) is 8.38. The average Bonchev–Trinajstić information content (AvgIpc) is 3.25. The van der Waals surface area contributed by atoms with Crippen LogP contribution in [0, 0.1) is 17.2 Å². The lowest BCUT2D eigenvalue weighted by Gasteiger charge is -2.34. The Hall–Kier alpha value is -1.76. The van der Waals surface area contributed by atoms with Crippen molar-refractivity contribution in [1.82, 2.24) is 9.80 Å². The Morgan fingerprint density at radius 3 is 2.85 bits per heavy atom. The number of benzene rings is 1. The van der Waals surface area contributed by atoms with E-state index in [4.69, 9.17) is 9.47 Å². The molecule has 4 atom stereocenters. The van der Waals surface area contributed by atoms with Gasteiger partial charge in [0.1, 0.15) is 4.87 Å². The van der Waals surface area contributed by atoms with E-state index >= 15 is 0 Å². The van der Waals surface area contributed by atoms with Crippen LogP contribution >= 0.6 is 28.6 Å². The van der Waals surface area contributed by atoms with Crippen LogP contribution in [0.3, 0.4) is 0 Å². The molecule has 3 unspecified atom stereocenters. The molecule has 0 aliphatic carbocycles. The number of nitrogens with zero attached hydrogens (tertiary/aromatic N) is 3. The highest BCUT2D eigenvalue weighted by Crippen LogP contribution is 2.50. The zero-order valence-electron chi connectivity index (χ0n) is 15.2. The van der Waals surface area contributed by atoms with Gasteiger partial charge >= 0.3 is 0 Å². The zero-order valence-corrected chi connectivity index (χ0v) is 17.7. The molecule has 9 heteroatoms. The van der Waals surface area contributed by atoms with Gasteiger partial charge in [0.2, 0.25) is 12.7 Å². The first-order valence-corrected chi connectivity index (χ1v) is 9.63. The second kappa shape index (κ2) is 7.34. The largest absolute Gasteiger partial charge is 0.454 e. The second-order valence-electron chi connectivity index (χ2n) is 6.90. The number of likely N-dealkylation sites (N-methyl/N-ethyl adjacent to an activating group) is 2. The van der Waals surface area contributed by atoms with Crippen LogP contribution in [0.25, 0.3) is 0 Å². The normalized spacial score (nSPS) is 26.3. The molecule has 1 fully saturated rings. The first-order chi connectivity index (χ1) is 12.7. The Kier molecular flexibility index (Phi) is 5.43. The Labute approximate surface area is 171 Å². The van der Waals surface area contributed by atoms with Gasteiger partial charge in [-0.15, -0.1) is 12.6 Å². The third-order valence-electron chi connectivity index (χ3n) is 5.29. The lowest BCUT2D eigenvalue weighted by Crippen LogP contribution is -2.51. The van der Waals surface area contributed by atoms with Crippen LogP contribution < -0.4 is 9.47 Å². The molecule has 144 valence electrons. The summed E-state index contributed by atoms with van der Waals surface area (Å²) in [5, 5.41) is 9.74. The molecular formula is C18H20BrN3O4S. The van der Waals surface area contributed by atoms with Crippen molar-refractivity contribution in [2.75, 3.05) is 20.9 Å². The number of ether oxygens (including phenoxy) is 2. The minimum atomic E-state index is -1.22. The van der Waals surface area contributed by atoms with E-state index in [1.165, 1.54) is 4.90 Å². The van der Waals surface area contributed by atoms with E-state index in [0.29, 0.717) is 24.2 Å². The van der Waals surface area contributed by atoms with Gasteiger partial charge in [-0.3, -0.25) is 14.5 Å². The smallest absolute Gasteiger partial charge is 0.241 e.